The van der Waals surface area contributed by atoms with Crippen molar-refractivity contribution in [1.29, 1.82) is 0 Å². The first kappa shape index (κ1) is 11.1. The Kier molecular flexibility index (Phi) is 2.26. The van der Waals surface area contributed by atoms with E-state index in [4.69, 9.17) is 4.74 Å². The molecule has 2 heteroatoms. The number of hydrogen-bond acceptors (Lipinski definition) is 2. The zero-order valence-corrected chi connectivity index (χ0v) is 10.6. The fourth-order valence-electron chi connectivity index (χ4n) is 3.95. The van der Waals surface area contributed by atoms with Crippen LogP contribution < -0.4 is 0 Å². The van der Waals surface area contributed by atoms with Gasteiger partial charge in [-0.2, -0.15) is 0 Å². The van der Waals surface area contributed by atoms with Crippen molar-refractivity contribution in [2.45, 2.75) is 39.2 Å². The summed E-state index contributed by atoms with van der Waals surface area (Å²) in [5.41, 5.74) is 1.49. The highest BCUT2D eigenvalue weighted by Crippen LogP contribution is 2.54. The Hall–Kier alpha value is -1.05. The molecule has 0 bridgehead atoms. The van der Waals surface area contributed by atoms with Gasteiger partial charge in [-0.1, -0.05) is 38.2 Å². The molecule has 3 aliphatic rings. The van der Waals surface area contributed by atoms with Gasteiger partial charge < -0.3 is 4.74 Å². The molecule has 1 saturated heterocycles. The lowest BCUT2D eigenvalue weighted by atomic mass is 9.57. The molecule has 0 aromatic rings. The Morgan fingerprint density at radius 3 is 3.06 bits per heavy atom. The molecule has 2 fully saturated rings. The molecule has 0 radical (unpaired) electrons. The second-order valence-electron chi connectivity index (χ2n) is 6.19. The molecule has 0 aromatic carbocycles. The second-order valence-corrected chi connectivity index (χ2v) is 6.19. The van der Waals surface area contributed by atoms with E-state index in [9.17, 15) is 4.79 Å². The minimum absolute atomic E-state index is 0.00293. The third kappa shape index (κ3) is 1.50. The van der Waals surface area contributed by atoms with Crippen LogP contribution in [0.4, 0.5) is 0 Å². The maximum absolute atomic E-state index is 11.7. The summed E-state index contributed by atoms with van der Waals surface area (Å²) in [7, 11) is 0. The maximum Gasteiger partial charge on any atom is 0.309 e. The number of carbonyl (C=O) groups excluding carboxylic acids is 1. The Labute approximate surface area is 103 Å². The van der Waals surface area contributed by atoms with E-state index in [1.165, 1.54) is 5.57 Å². The fourth-order valence-corrected chi connectivity index (χ4v) is 3.95. The van der Waals surface area contributed by atoms with Crippen LogP contribution >= 0.6 is 0 Å². The van der Waals surface area contributed by atoms with Gasteiger partial charge in [0.15, 0.2) is 0 Å². The predicted octanol–water partition coefficient (Wildman–Crippen LogP) is 3.10. The summed E-state index contributed by atoms with van der Waals surface area (Å²) < 4.78 is 5.52. The van der Waals surface area contributed by atoms with Gasteiger partial charge in [-0.05, 0) is 30.6 Å². The molecule has 5 atom stereocenters. The lowest BCUT2D eigenvalue weighted by Gasteiger charge is -2.47. The molecule has 0 N–H and O–H groups in total. The molecular formula is C15H20O2. The fraction of sp³-hybridized carbons (Fsp3) is 0.667. The third-order valence-electron chi connectivity index (χ3n) is 5.08. The number of esters is 1. The Morgan fingerprint density at radius 2 is 2.29 bits per heavy atom. The number of rotatable bonds is 0. The Balaban J connectivity index is 1.93. The molecule has 92 valence electrons. The number of fused-ring (bicyclic) bond motifs is 2. The van der Waals surface area contributed by atoms with Gasteiger partial charge >= 0.3 is 5.97 Å². The van der Waals surface area contributed by atoms with Crippen molar-refractivity contribution in [1.82, 2.24) is 0 Å². The minimum Gasteiger partial charge on any atom is -0.462 e. The van der Waals surface area contributed by atoms with Crippen LogP contribution in [0.2, 0.25) is 0 Å². The molecule has 0 aromatic heterocycles. The van der Waals surface area contributed by atoms with Crippen LogP contribution in [0.15, 0.2) is 24.3 Å². The van der Waals surface area contributed by atoms with Gasteiger partial charge in [-0.3, -0.25) is 4.79 Å². The standard InChI is InChI=1S/C15H20O2/c1-9-5-4-6-15(3)8-13-11(7-12(9)15)10(2)14(16)17-13/h4,6,10-13H,1,5,7-8H2,2-3H3. The van der Waals surface area contributed by atoms with E-state index >= 15 is 0 Å². The summed E-state index contributed by atoms with van der Waals surface area (Å²) in [5, 5.41) is 0. The molecule has 0 spiro atoms. The number of allylic oxidation sites excluding steroid dienone is 3. The smallest absolute Gasteiger partial charge is 0.309 e. The average Bonchev–Trinajstić information content (AvgIpc) is 2.52. The van der Waals surface area contributed by atoms with Crippen molar-refractivity contribution in [2.24, 2.45) is 23.2 Å². The third-order valence-corrected chi connectivity index (χ3v) is 5.08. The summed E-state index contributed by atoms with van der Waals surface area (Å²) in [6.07, 6.45) is 7.71. The van der Waals surface area contributed by atoms with Crippen LogP contribution in [0, 0.1) is 23.2 Å². The van der Waals surface area contributed by atoms with Gasteiger partial charge in [0.25, 0.3) is 0 Å². The Bertz CT molecular complexity index is 409. The first-order chi connectivity index (χ1) is 8.01. The van der Waals surface area contributed by atoms with Crippen molar-refractivity contribution >= 4 is 5.97 Å². The van der Waals surface area contributed by atoms with Crippen LogP contribution in [0.3, 0.4) is 0 Å². The molecule has 0 amide bonds. The molecule has 17 heavy (non-hydrogen) atoms. The number of ether oxygens (including phenoxy) is 1. The van der Waals surface area contributed by atoms with Crippen molar-refractivity contribution in [3.05, 3.63) is 24.3 Å². The van der Waals surface area contributed by atoms with E-state index in [0.717, 1.165) is 19.3 Å². The summed E-state index contributed by atoms with van der Waals surface area (Å²) >= 11 is 0. The Morgan fingerprint density at radius 1 is 1.53 bits per heavy atom. The lowest BCUT2D eigenvalue weighted by Crippen LogP contribution is -2.42. The topological polar surface area (TPSA) is 26.3 Å². The van der Waals surface area contributed by atoms with Crippen LogP contribution in [0.5, 0.6) is 0 Å². The summed E-state index contributed by atoms with van der Waals surface area (Å²) in [5.74, 6) is 1.01. The first-order valence-corrected chi connectivity index (χ1v) is 6.57. The van der Waals surface area contributed by atoms with E-state index in [1.54, 1.807) is 0 Å². The molecule has 1 heterocycles. The van der Waals surface area contributed by atoms with E-state index in [0.29, 0.717) is 11.8 Å². The van der Waals surface area contributed by atoms with Crippen LogP contribution in [0.25, 0.3) is 0 Å². The van der Waals surface area contributed by atoms with Gasteiger partial charge in [0.2, 0.25) is 0 Å². The van der Waals surface area contributed by atoms with Gasteiger partial charge in [0, 0.05) is 5.92 Å². The molecule has 3 rings (SSSR count). The highest BCUT2D eigenvalue weighted by Gasteiger charge is 2.52. The van der Waals surface area contributed by atoms with Gasteiger partial charge in [0.05, 0.1) is 5.92 Å². The van der Waals surface area contributed by atoms with E-state index in [-0.39, 0.29) is 23.4 Å². The summed E-state index contributed by atoms with van der Waals surface area (Å²) in [4.78, 5) is 11.7. The van der Waals surface area contributed by atoms with E-state index in [2.05, 4.69) is 25.7 Å². The van der Waals surface area contributed by atoms with Gasteiger partial charge in [-0.15, -0.1) is 0 Å². The molecule has 2 aliphatic carbocycles. The van der Waals surface area contributed by atoms with Crippen molar-refractivity contribution in [3.63, 3.8) is 0 Å². The highest BCUT2D eigenvalue weighted by atomic mass is 16.6. The largest absolute Gasteiger partial charge is 0.462 e. The lowest BCUT2D eigenvalue weighted by molar-refractivity contribution is -0.145. The zero-order valence-electron chi connectivity index (χ0n) is 10.6. The van der Waals surface area contributed by atoms with Crippen LogP contribution in [0.1, 0.15) is 33.1 Å². The summed E-state index contributed by atoms with van der Waals surface area (Å²) in [6, 6.07) is 0. The quantitative estimate of drug-likeness (QED) is 0.474. The van der Waals surface area contributed by atoms with Crippen LogP contribution in [-0.4, -0.2) is 12.1 Å². The normalized spacial score (nSPS) is 48.6. The minimum atomic E-state index is -0.00293. The first-order valence-electron chi connectivity index (χ1n) is 6.57. The molecule has 5 unspecified atom stereocenters. The average molecular weight is 232 g/mol. The van der Waals surface area contributed by atoms with Gasteiger partial charge in [-0.25, -0.2) is 0 Å². The second kappa shape index (κ2) is 3.47. The molecule has 1 aliphatic heterocycles. The van der Waals surface area contributed by atoms with Crippen molar-refractivity contribution in [3.8, 4) is 0 Å². The van der Waals surface area contributed by atoms with Crippen LogP contribution in [-0.2, 0) is 9.53 Å². The number of hydrogen-bond donors (Lipinski definition) is 0. The molecular weight excluding hydrogens is 212 g/mol. The van der Waals surface area contributed by atoms with Crippen molar-refractivity contribution in [2.75, 3.05) is 0 Å². The SMILES string of the molecule is C=C1CC=CC2(C)CC3OC(=O)C(C)C3CC12. The van der Waals surface area contributed by atoms with Gasteiger partial charge in [0.1, 0.15) is 6.10 Å². The maximum atomic E-state index is 11.7. The molecule has 2 nitrogen and oxygen atoms in total. The molecule has 1 saturated carbocycles. The van der Waals surface area contributed by atoms with E-state index in [1.807, 2.05) is 6.92 Å². The predicted molar refractivity (Wildman–Crippen MR) is 66.3 cm³/mol. The summed E-state index contributed by atoms with van der Waals surface area (Å²) in [6.45, 7) is 8.52. The number of carbonyl (C=O) groups is 1. The van der Waals surface area contributed by atoms with E-state index < -0.39 is 0 Å². The monoisotopic (exact) mass is 232 g/mol. The zero-order chi connectivity index (χ0) is 12.2. The highest BCUT2D eigenvalue weighted by molar-refractivity contribution is 5.75. The van der Waals surface area contributed by atoms with Crippen molar-refractivity contribution < 1.29 is 9.53 Å².